The Morgan fingerprint density at radius 3 is 2.19 bits per heavy atom. The van der Waals surface area contributed by atoms with E-state index in [2.05, 4.69) is 5.32 Å². The Balaban J connectivity index is 1.93. The number of amides is 1. The molecule has 52 heavy (non-hydrogen) atoms. The Hall–Kier alpha value is -4.92. The summed E-state index contributed by atoms with van der Waals surface area (Å²) >= 11 is 0. The maximum atomic E-state index is 14.0. The van der Waals surface area contributed by atoms with Gasteiger partial charge in [-0.1, -0.05) is 45.9 Å². The van der Waals surface area contributed by atoms with E-state index in [0.29, 0.717) is 0 Å². The lowest BCUT2D eigenvalue weighted by atomic mass is 9.78. The highest BCUT2D eigenvalue weighted by Crippen LogP contribution is 2.55. The van der Waals surface area contributed by atoms with Crippen LogP contribution in [0.3, 0.4) is 0 Å². The first-order valence-corrected chi connectivity index (χ1v) is 16.9. The van der Waals surface area contributed by atoms with Gasteiger partial charge in [-0.05, 0) is 19.9 Å². The number of carbonyl (C=O) groups is 4. The minimum atomic E-state index is -2.08. The lowest BCUT2D eigenvalue weighted by molar-refractivity contribution is -0.160. The predicted octanol–water partition coefficient (Wildman–Crippen LogP) is 4.57. The van der Waals surface area contributed by atoms with Crippen molar-refractivity contribution in [3.8, 4) is 23.0 Å². The number of carbonyl (C=O) groups excluding carboxylic acids is 4. The third kappa shape index (κ3) is 7.10. The number of ketones is 1. The van der Waals surface area contributed by atoms with E-state index in [4.69, 9.17) is 18.9 Å². The van der Waals surface area contributed by atoms with Gasteiger partial charge in [0.05, 0.1) is 46.8 Å². The van der Waals surface area contributed by atoms with E-state index in [9.17, 15) is 44.7 Å². The minimum absolute atomic E-state index is 0.00425. The van der Waals surface area contributed by atoms with Crippen LogP contribution >= 0.6 is 0 Å². The number of aldehydes is 1. The third-order valence-electron chi connectivity index (χ3n) is 10.2. The van der Waals surface area contributed by atoms with Crippen LogP contribution in [-0.4, -0.2) is 86.8 Å². The topological polar surface area (TPSA) is 218 Å². The summed E-state index contributed by atoms with van der Waals surface area (Å²) in [5.74, 6) is -9.19. The number of phenolic OH excluding ortho intramolecular Hbond substituents is 3. The quantitative estimate of drug-likeness (QED) is 0.111. The molecule has 3 heterocycles. The number of aromatic hydroxyl groups is 3. The van der Waals surface area contributed by atoms with E-state index in [1.54, 1.807) is 33.8 Å². The first kappa shape index (κ1) is 39.9. The monoisotopic (exact) mass is 725 g/mol. The van der Waals surface area contributed by atoms with Gasteiger partial charge in [0.25, 0.3) is 11.7 Å². The van der Waals surface area contributed by atoms with Gasteiger partial charge in [-0.2, -0.15) is 0 Å². The molecule has 0 fully saturated rings. The summed E-state index contributed by atoms with van der Waals surface area (Å²) in [5.41, 5.74) is -1.27. The summed E-state index contributed by atoms with van der Waals surface area (Å²) in [4.78, 5) is 51.8. The van der Waals surface area contributed by atoms with Gasteiger partial charge in [0, 0.05) is 61.2 Å². The number of rotatable bonds is 3. The highest BCUT2D eigenvalue weighted by Gasteiger charge is 2.50. The molecule has 9 atom stereocenters. The summed E-state index contributed by atoms with van der Waals surface area (Å²) in [6.07, 6.45) is 3.41. The number of allylic oxidation sites excluding steroid dienone is 2. The van der Waals surface area contributed by atoms with Crippen molar-refractivity contribution in [3.05, 3.63) is 52.8 Å². The molecular formula is C38H47NO13. The first-order chi connectivity index (χ1) is 24.3. The Labute approximate surface area is 301 Å². The SMILES string of the molecule is CO[C@H]1C=CO[C@]2(C)Oc3c(C)c(O)c4c(O)c(c(C=O)c(O)c4c3C2=O)NC(=O)C(C)=CC=C[C@H](C)[C@H](O)[C@@H](C)[C@@H](O)[C@@H](C)[C@H](OC(C)=O)[C@@H]1C. The van der Waals surface area contributed by atoms with Crippen LogP contribution < -0.4 is 10.1 Å². The van der Waals surface area contributed by atoms with Crippen LogP contribution in [0, 0.1) is 30.6 Å². The van der Waals surface area contributed by atoms with Crippen molar-refractivity contribution < 1.29 is 63.7 Å². The molecule has 0 aliphatic carbocycles. The molecule has 6 N–H and O–H groups in total. The van der Waals surface area contributed by atoms with Crippen molar-refractivity contribution in [1.82, 2.24) is 0 Å². The molecule has 3 aliphatic rings. The number of esters is 1. The number of Topliss-reactive ketones (excluding diaryl/α,β-unsaturated/α-hetero) is 1. The first-order valence-electron chi connectivity index (χ1n) is 16.9. The van der Waals surface area contributed by atoms with Crippen LogP contribution in [0.15, 0.2) is 36.1 Å². The molecule has 14 heteroatoms. The lowest BCUT2D eigenvalue weighted by Gasteiger charge is -2.38. The number of hydrogen-bond donors (Lipinski definition) is 6. The van der Waals surface area contributed by atoms with Crippen LogP contribution in [0.25, 0.3) is 10.8 Å². The van der Waals surface area contributed by atoms with Gasteiger partial charge >= 0.3 is 11.8 Å². The van der Waals surface area contributed by atoms with Gasteiger partial charge < -0.3 is 49.8 Å². The van der Waals surface area contributed by atoms with Crippen LogP contribution in [-0.2, 0) is 23.8 Å². The number of aliphatic hydroxyl groups is 2. The molecule has 2 aromatic rings. The second-order valence-electron chi connectivity index (χ2n) is 13.7. The molecular weight excluding hydrogens is 678 g/mol. The fourth-order valence-electron chi connectivity index (χ4n) is 6.86. The smallest absolute Gasteiger partial charge is 0.312 e. The molecule has 2 aromatic carbocycles. The Kier molecular flexibility index (Phi) is 11.8. The van der Waals surface area contributed by atoms with Gasteiger partial charge in [-0.15, -0.1) is 0 Å². The maximum absolute atomic E-state index is 14.0. The summed E-state index contributed by atoms with van der Waals surface area (Å²) in [6, 6.07) is 0. The summed E-state index contributed by atoms with van der Waals surface area (Å²) in [6.45, 7) is 12.2. The van der Waals surface area contributed by atoms with Crippen molar-refractivity contribution in [3.63, 3.8) is 0 Å². The minimum Gasteiger partial charge on any atom is -0.507 e. The van der Waals surface area contributed by atoms with Crippen LogP contribution in [0.2, 0.25) is 0 Å². The number of ether oxygens (including phenoxy) is 4. The molecule has 0 aromatic heterocycles. The zero-order valence-corrected chi connectivity index (χ0v) is 30.6. The number of aliphatic hydroxyl groups excluding tert-OH is 2. The number of benzene rings is 2. The molecule has 5 rings (SSSR count). The van der Waals surface area contributed by atoms with E-state index in [-0.39, 0.29) is 28.7 Å². The second kappa shape index (κ2) is 15.4. The van der Waals surface area contributed by atoms with Gasteiger partial charge in [0.1, 0.15) is 23.4 Å². The molecule has 0 saturated carbocycles. The Morgan fingerprint density at radius 2 is 1.60 bits per heavy atom. The molecule has 14 nitrogen and oxygen atoms in total. The van der Waals surface area contributed by atoms with Crippen molar-refractivity contribution in [1.29, 1.82) is 0 Å². The zero-order valence-electron chi connectivity index (χ0n) is 30.6. The van der Waals surface area contributed by atoms with Crippen molar-refractivity contribution in [2.24, 2.45) is 23.7 Å². The summed E-state index contributed by atoms with van der Waals surface area (Å²) in [5, 5.41) is 58.2. The van der Waals surface area contributed by atoms with Gasteiger partial charge in [0.15, 0.2) is 12.0 Å². The average molecular weight is 726 g/mol. The van der Waals surface area contributed by atoms with Crippen LogP contribution in [0.1, 0.15) is 74.7 Å². The maximum Gasteiger partial charge on any atom is 0.312 e. The number of fused-ring (bicyclic) bond motifs is 14. The van der Waals surface area contributed by atoms with E-state index in [1.165, 1.54) is 53.0 Å². The molecule has 5 bridgehead atoms. The molecule has 0 saturated heterocycles. The number of nitrogens with one attached hydrogen (secondary N) is 1. The van der Waals surface area contributed by atoms with E-state index < -0.39 is 111 Å². The molecule has 282 valence electrons. The predicted molar refractivity (Wildman–Crippen MR) is 189 cm³/mol. The second-order valence-corrected chi connectivity index (χ2v) is 13.7. The number of anilines is 1. The highest BCUT2D eigenvalue weighted by atomic mass is 16.7. The normalized spacial score (nSPS) is 30.1. The number of hydrogen-bond acceptors (Lipinski definition) is 13. The largest absolute Gasteiger partial charge is 0.507 e. The summed E-state index contributed by atoms with van der Waals surface area (Å²) in [7, 11) is 1.41. The molecule has 0 spiro atoms. The van der Waals surface area contributed by atoms with Gasteiger partial charge in [-0.25, -0.2) is 0 Å². The van der Waals surface area contributed by atoms with Crippen molar-refractivity contribution in [2.75, 3.05) is 12.4 Å². The fourth-order valence-corrected chi connectivity index (χ4v) is 6.86. The van der Waals surface area contributed by atoms with Crippen LogP contribution in [0.5, 0.6) is 23.0 Å². The molecule has 0 unspecified atom stereocenters. The van der Waals surface area contributed by atoms with Crippen LogP contribution in [0.4, 0.5) is 5.69 Å². The standard InChI is InChI=1S/C38H47NO13/c1-16-11-10-12-17(2)37(48)39-28-23(15-40)32(45)25-26(33(28)46)31(44)21(6)35-27(25)36(47)38(8,52-35)50-14-13-24(49-9)18(3)34(51-22(7)41)20(5)30(43)19(4)29(16)42/h10-16,18-20,24,29-30,34,42-46H,1-9H3,(H,39,48)/t16-,18+,19+,20+,24-,29-,30+,34+,38+/m0/s1. The fraction of sp³-hybridized carbons (Fsp3) is 0.474. The van der Waals surface area contributed by atoms with E-state index in [0.717, 1.165) is 6.26 Å². The van der Waals surface area contributed by atoms with E-state index >= 15 is 0 Å². The molecule has 0 radical (unpaired) electrons. The lowest BCUT2D eigenvalue weighted by Crippen LogP contribution is -2.46. The number of phenols is 3. The van der Waals surface area contributed by atoms with E-state index in [1.807, 2.05) is 0 Å². The summed E-state index contributed by atoms with van der Waals surface area (Å²) < 4.78 is 23.1. The molecule has 1 amide bonds. The molecule has 3 aliphatic heterocycles. The zero-order chi connectivity index (χ0) is 39.0. The van der Waals surface area contributed by atoms with Gasteiger partial charge in [0.2, 0.25) is 0 Å². The third-order valence-corrected chi connectivity index (χ3v) is 10.2. The van der Waals surface area contributed by atoms with Gasteiger partial charge in [-0.3, -0.25) is 19.2 Å². The van der Waals surface area contributed by atoms with Crippen molar-refractivity contribution >= 4 is 40.4 Å². The Morgan fingerprint density at radius 1 is 0.942 bits per heavy atom. The average Bonchev–Trinajstić information content (AvgIpc) is 3.36. The highest BCUT2D eigenvalue weighted by molar-refractivity contribution is 6.23. The number of methoxy groups -OCH3 is 1. The van der Waals surface area contributed by atoms with Crippen molar-refractivity contribution in [2.45, 2.75) is 85.6 Å². The Bertz CT molecular complexity index is 1860.